The molecule has 0 aliphatic heterocycles. The van der Waals surface area contributed by atoms with Gasteiger partial charge in [0.2, 0.25) is 5.88 Å². The molecule has 0 unspecified atom stereocenters. The smallest absolute Gasteiger partial charge is 0.243 e. The summed E-state index contributed by atoms with van der Waals surface area (Å²) in [4.78, 5) is 19.8. The number of hydrogen-bond donors (Lipinski definition) is 1. The molecule has 0 fully saturated rings. The summed E-state index contributed by atoms with van der Waals surface area (Å²) in [6.45, 7) is 0.714. The first kappa shape index (κ1) is 13.6. The number of nitrogens with two attached hydrogens (primary N) is 1. The second kappa shape index (κ2) is 7.73. The normalized spacial score (nSPS) is 10.2. The van der Waals surface area contributed by atoms with Gasteiger partial charge in [0, 0.05) is 18.8 Å². The first-order valence-electron chi connectivity index (χ1n) is 5.88. The van der Waals surface area contributed by atoms with Gasteiger partial charge in [-0.15, -0.1) is 0 Å². The van der Waals surface area contributed by atoms with Crippen LogP contribution in [0.15, 0.2) is 12.4 Å². The van der Waals surface area contributed by atoms with E-state index >= 15 is 0 Å². The molecule has 0 aromatic carbocycles. The number of hydrogen-bond acceptors (Lipinski definition) is 5. The Morgan fingerprint density at radius 3 is 2.65 bits per heavy atom. The van der Waals surface area contributed by atoms with Crippen LogP contribution in [-0.4, -0.2) is 29.4 Å². The molecule has 0 aliphatic rings. The average molecular weight is 237 g/mol. The molecule has 0 bridgehead atoms. The lowest BCUT2D eigenvalue weighted by Gasteiger charge is -2.04. The van der Waals surface area contributed by atoms with Crippen molar-refractivity contribution in [3.8, 4) is 5.88 Å². The molecule has 0 saturated heterocycles. The number of carbonyl (C=O) groups excluding carboxylic acids is 1. The summed E-state index contributed by atoms with van der Waals surface area (Å²) in [5, 5.41) is 0. The van der Waals surface area contributed by atoms with Crippen LogP contribution >= 0.6 is 0 Å². The summed E-state index contributed by atoms with van der Waals surface area (Å²) in [6.07, 6.45) is 7.47. The summed E-state index contributed by atoms with van der Waals surface area (Å²) in [6, 6.07) is 0. The summed E-state index contributed by atoms with van der Waals surface area (Å²) in [5.74, 6) is 0.294. The molecule has 0 saturated carbocycles. The Balaban J connectivity index is 2.41. The zero-order chi connectivity index (χ0) is 12.5. The fourth-order valence-corrected chi connectivity index (χ4v) is 1.57. The van der Waals surface area contributed by atoms with E-state index in [9.17, 15) is 4.79 Å². The molecule has 5 nitrogen and oxygen atoms in total. The second-order valence-electron chi connectivity index (χ2n) is 3.79. The molecule has 17 heavy (non-hydrogen) atoms. The van der Waals surface area contributed by atoms with E-state index in [1.54, 1.807) is 0 Å². The highest BCUT2D eigenvalue weighted by atomic mass is 16.5. The molecule has 0 radical (unpaired) electrons. The van der Waals surface area contributed by atoms with Gasteiger partial charge in [0.25, 0.3) is 0 Å². The van der Waals surface area contributed by atoms with Gasteiger partial charge in [-0.2, -0.15) is 0 Å². The van der Waals surface area contributed by atoms with E-state index in [4.69, 9.17) is 10.5 Å². The third kappa shape index (κ3) is 4.48. The zero-order valence-electron chi connectivity index (χ0n) is 10.2. The van der Waals surface area contributed by atoms with E-state index in [1.807, 2.05) is 0 Å². The van der Waals surface area contributed by atoms with Gasteiger partial charge in [0.05, 0.1) is 7.11 Å². The van der Waals surface area contributed by atoms with Crippen LogP contribution in [0, 0.1) is 0 Å². The van der Waals surface area contributed by atoms with Crippen LogP contribution in [0.2, 0.25) is 0 Å². The zero-order valence-corrected chi connectivity index (χ0v) is 10.2. The van der Waals surface area contributed by atoms with Crippen molar-refractivity contribution in [1.29, 1.82) is 0 Å². The summed E-state index contributed by atoms with van der Waals surface area (Å²) >= 11 is 0. The van der Waals surface area contributed by atoms with Gasteiger partial charge in [-0.1, -0.05) is 12.8 Å². The van der Waals surface area contributed by atoms with Crippen LogP contribution in [-0.2, 0) is 0 Å². The largest absolute Gasteiger partial charge is 0.479 e. The molecule has 0 atom stereocenters. The van der Waals surface area contributed by atoms with Crippen molar-refractivity contribution in [3.05, 3.63) is 18.1 Å². The third-order valence-corrected chi connectivity index (χ3v) is 2.48. The Bertz CT molecular complexity index is 355. The number of carbonyl (C=O) groups is 1. The molecule has 1 rings (SSSR count). The van der Waals surface area contributed by atoms with Gasteiger partial charge in [-0.05, 0) is 19.4 Å². The first-order valence-corrected chi connectivity index (χ1v) is 5.88. The van der Waals surface area contributed by atoms with E-state index in [0.717, 1.165) is 25.7 Å². The van der Waals surface area contributed by atoms with E-state index in [2.05, 4.69) is 9.97 Å². The lowest BCUT2D eigenvalue weighted by Crippen LogP contribution is -2.06. The minimum Gasteiger partial charge on any atom is -0.479 e. The number of nitrogens with zero attached hydrogens (tertiary/aromatic N) is 2. The van der Waals surface area contributed by atoms with E-state index < -0.39 is 0 Å². The van der Waals surface area contributed by atoms with Crippen LogP contribution in [0.3, 0.4) is 0 Å². The molecule has 0 amide bonds. The lowest BCUT2D eigenvalue weighted by molar-refractivity contribution is 0.0970. The molecular formula is C12H19N3O2. The number of methoxy groups -OCH3 is 1. The number of ketones is 1. The van der Waals surface area contributed by atoms with Crippen molar-refractivity contribution in [2.45, 2.75) is 32.1 Å². The Labute approximate surface area is 101 Å². The van der Waals surface area contributed by atoms with Crippen molar-refractivity contribution in [3.63, 3.8) is 0 Å². The minimum absolute atomic E-state index is 0.0114. The van der Waals surface area contributed by atoms with Gasteiger partial charge in [-0.3, -0.25) is 4.79 Å². The second-order valence-corrected chi connectivity index (χ2v) is 3.79. The molecule has 2 N–H and O–H groups in total. The number of rotatable bonds is 8. The van der Waals surface area contributed by atoms with Crippen LogP contribution in [0.1, 0.15) is 42.6 Å². The van der Waals surface area contributed by atoms with Crippen LogP contribution < -0.4 is 10.5 Å². The van der Waals surface area contributed by atoms with Gasteiger partial charge in [-0.25, -0.2) is 9.97 Å². The number of Topliss-reactive ketones (excluding diaryl/α,β-unsaturated/α-hetero) is 1. The molecule has 1 heterocycles. The molecule has 5 heteroatoms. The van der Waals surface area contributed by atoms with Crippen LogP contribution in [0.25, 0.3) is 0 Å². The Hall–Kier alpha value is -1.49. The molecule has 94 valence electrons. The monoisotopic (exact) mass is 237 g/mol. The van der Waals surface area contributed by atoms with Crippen molar-refractivity contribution >= 4 is 5.78 Å². The SMILES string of the molecule is COc1nccnc1C(=O)CCCCCCN. The van der Waals surface area contributed by atoms with Crippen molar-refractivity contribution in [2.75, 3.05) is 13.7 Å². The molecule has 1 aromatic rings. The van der Waals surface area contributed by atoms with Crippen LogP contribution in [0.4, 0.5) is 0 Å². The Morgan fingerprint density at radius 2 is 1.94 bits per heavy atom. The topological polar surface area (TPSA) is 78.1 Å². The fourth-order valence-electron chi connectivity index (χ4n) is 1.57. The van der Waals surface area contributed by atoms with Gasteiger partial charge < -0.3 is 10.5 Å². The average Bonchev–Trinajstić information content (AvgIpc) is 2.38. The Morgan fingerprint density at radius 1 is 1.24 bits per heavy atom. The fraction of sp³-hybridized carbons (Fsp3) is 0.583. The van der Waals surface area contributed by atoms with Gasteiger partial charge in [0.1, 0.15) is 0 Å². The van der Waals surface area contributed by atoms with Crippen molar-refractivity contribution in [1.82, 2.24) is 9.97 Å². The molecule has 0 spiro atoms. The van der Waals surface area contributed by atoms with Gasteiger partial charge in [0.15, 0.2) is 11.5 Å². The lowest BCUT2D eigenvalue weighted by atomic mass is 10.1. The quantitative estimate of drug-likeness (QED) is 0.548. The number of ether oxygens (including phenoxy) is 1. The van der Waals surface area contributed by atoms with Crippen molar-refractivity contribution in [2.24, 2.45) is 5.73 Å². The third-order valence-electron chi connectivity index (χ3n) is 2.48. The maximum Gasteiger partial charge on any atom is 0.243 e. The van der Waals surface area contributed by atoms with Gasteiger partial charge >= 0.3 is 0 Å². The maximum atomic E-state index is 11.8. The van der Waals surface area contributed by atoms with E-state index in [-0.39, 0.29) is 5.78 Å². The summed E-state index contributed by atoms with van der Waals surface area (Å²) in [5.41, 5.74) is 5.73. The standard InChI is InChI=1S/C12H19N3O2/c1-17-12-11(14-8-9-15-12)10(16)6-4-2-3-5-7-13/h8-9H,2-7,13H2,1H3. The highest BCUT2D eigenvalue weighted by Gasteiger charge is 2.13. The predicted molar refractivity (Wildman–Crippen MR) is 65.1 cm³/mol. The molecule has 0 aliphatic carbocycles. The number of unbranched alkanes of at least 4 members (excludes halogenated alkanes) is 3. The summed E-state index contributed by atoms with van der Waals surface area (Å²) < 4.78 is 5.00. The van der Waals surface area contributed by atoms with Crippen LogP contribution in [0.5, 0.6) is 5.88 Å². The van der Waals surface area contributed by atoms with E-state index in [0.29, 0.717) is 24.5 Å². The highest BCUT2D eigenvalue weighted by Crippen LogP contribution is 2.14. The Kier molecular flexibility index (Phi) is 6.17. The molecule has 1 aromatic heterocycles. The maximum absolute atomic E-state index is 11.8. The number of aromatic nitrogens is 2. The highest BCUT2D eigenvalue weighted by molar-refractivity contribution is 5.96. The minimum atomic E-state index is -0.0114. The first-order chi connectivity index (χ1) is 8.29. The summed E-state index contributed by atoms with van der Waals surface area (Å²) in [7, 11) is 1.49. The van der Waals surface area contributed by atoms with E-state index in [1.165, 1.54) is 19.5 Å². The molecular weight excluding hydrogens is 218 g/mol. The predicted octanol–water partition coefficient (Wildman–Crippen LogP) is 1.58. The van der Waals surface area contributed by atoms with Crippen molar-refractivity contribution < 1.29 is 9.53 Å².